The monoisotopic (exact) mass is 266 g/mol. The van der Waals surface area contributed by atoms with Crippen molar-refractivity contribution in [3.05, 3.63) is 53.4 Å². The molecule has 1 aromatic carbocycles. The summed E-state index contributed by atoms with van der Waals surface area (Å²) in [6.45, 7) is 0. The van der Waals surface area contributed by atoms with Gasteiger partial charge >= 0.3 is 0 Å². The van der Waals surface area contributed by atoms with Gasteiger partial charge in [-0.05, 0) is 22.8 Å². The highest BCUT2D eigenvalue weighted by molar-refractivity contribution is 8.01. The molecule has 0 aliphatic carbocycles. The summed E-state index contributed by atoms with van der Waals surface area (Å²) in [6, 6.07) is 14.9. The van der Waals surface area contributed by atoms with Crippen LogP contribution in [-0.2, 0) is 0 Å². The molecule has 0 radical (unpaired) electrons. The molecule has 0 amide bonds. The van der Waals surface area contributed by atoms with Gasteiger partial charge in [-0.1, -0.05) is 36.4 Å². The van der Waals surface area contributed by atoms with Crippen LogP contribution in [0.5, 0.6) is 0 Å². The first-order valence-corrected chi connectivity index (χ1v) is 7.72. The van der Waals surface area contributed by atoms with Gasteiger partial charge < -0.3 is 0 Å². The van der Waals surface area contributed by atoms with Crippen LogP contribution >= 0.6 is 35.7 Å². The Balaban J connectivity index is 1.96. The molecule has 0 aliphatic heterocycles. The second kappa shape index (κ2) is 6.38. The van der Waals surface area contributed by atoms with Crippen molar-refractivity contribution in [3.8, 4) is 0 Å². The molecule has 0 N–H and O–H groups in total. The summed E-state index contributed by atoms with van der Waals surface area (Å²) in [7, 11) is 0. The lowest BCUT2D eigenvalue weighted by atomic mass is 10.0. The van der Waals surface area contributed by atoms with E-state index in [2.05, 4.69) is 60.5 Å². The van der Waals surface area contributed by atoms with Crippen molar-refractivity contribution in [3.63, 3.8) is 0 Å². The van der Waals surface area contributed by atoms with Crippen molar-refractivity contribution in [1.82, 2.24) is 0 Å². The lowest BCUT2D eigenvalue weighted by Crippen LogP contribution is -2.03. The topological polar surface area (TPSA) is 0 Å². The second-order valence-corrected chi connectivity index (χ2v) is 6.17. The number of hydrogen-bond donors (Lipinski definition) is 1. The maximum Gasteiger partial charge on any atom is 0.0598 e. The van der Waals surface area contributed by atoms with Crippen LogP contribution in [0.1, 0.15) is 11.5 Å². The fourth-order valence-electron chi connectivity index (χ4n) is 1.51. The molecule has 0 spiro atoms. The minimum absolute atomic E-state index is 0.539. The first-order valence-electron chi connectivity index (χ1n) is 5.22. The van der Waals surface area contributed by atoms with E-state index in [1.165, 1.54) is 9.77 Å². The van der Waals surface area contributed by atoms with Gasteiger partial charge in [0.25, 0.3) is 0 Å². The molecular weight excluding hydrogens is 252 g/mol. The lowest BCUT2D eigenvalue weighted by Gasteiger charge is -2.13. The summed E-state index contributed by atoms with van der Waals surface area (Å²) in [5.41, 5.74) is 1.39. The number of thiol groups is 1. The Hall–Kier alpha value is -0.380. The van der Waals surface area contributed by atoms with Gasteiger partial charge in [-0.25, -0.2) is 0 Å². The molecule has 0 nitrogen and oxygen atoms in total. The Morgan fingerprint density at radius 2 is 1.94 bits per heavy atom. The van der Waals surface area contributed by atoms with Crippen LogP contribution < -0.4 is 0 Å². The SMILES string of the molecule is SCC(CSc1cccs1)c1ccccc1. The molecule has 1 unspecified atom stereocenters. The highest BCUT2D eigenvalue weighted by atomic mass is 32.2. The van der Waals surface area contributed by atoms with Crippen LogP contribution in [-0.4, -0.2) is 11.5 Å². The molecule has 84 valence electrons. The summed E-state index contributed by atoms with van der Waals surface area (Å²) < 4.78 is 1.39. The van der Waals surface area contributed by atoms with Crippen molar-refractivity contribution in [2.24, 2.45) is 0 Å². The molecular formula is C13H14S3. The summed E-state index contributed by atoms with van der Waals surface area (Å²) in [5, 5.41) is 2.13. The van der Waals surface area contributed by atoms with E-state index in [1.807, 2.05) is 23.1 Å². The number of hydrogen-bond acceptors (Lipinski definition) is 3. The predicted molar refractivity (Wildman–Crippen MR) is 78.1 cm³/mol. The fourth-order valence-corrected chi connectivity index (χ4v) is 3.96. The lowest BCUT2D eigenvalue weighted by molar-refractivity contribution is 0.899. The third-order valence-corrected chi connectivity index (χ3v) is 5.15. The smallest absolute Gasteiger partial charge is 0.0598 e. The number of thiophene rings is 1. The van der Waals surface area contributed by atoms with Gasteiger partial charge in [0.15, 0.2) is 0 Å². The molecule has 0 fully saturated rings. The maximum atomic E-state index is 4.45. The normalized spacial score (nSPS) is 12.6. The molecule has 2 aromatic rings. The molecule has 1 atom stereocenters. The molecule has 1 heterocycles. The summed E-state index contributed by atoms with van der Waals surface area (Å²) in [4.78, 5) is 0. The van der Waals surface area contributed by atoms with Gasteiger partial charge in [0, 0.05) is 11.7 Å². The zero-order chi connectivity index (χ0) is 11.2. The summed E-state index contributed by atoms with van der Waals surface area (Å²) >= 11 is 8.18. The molecule has 16 heavy (non-hydrogen) atoms. The Bertz CT molecular complexity index is 394. The van der Waals surface area contributed by atoms with Gasteiger partial charge in [-0.3, -0.25) is 0 Å². The minimum atomic E-state index is 0.539. The predicted octanol–water partition coefficient (Wildman–Crippen LogP) is 4.55. The fraction of sp³-hybridized carbons (Fsp3) is 0.231. The van der Waals surface area contributed by atoms with E-state index < -0.39 is 0 Å². The number of rotatable bonds is 5. The van der Waals surface area contributed by atoms with Crippen LogP contribution in [0.3, 0.4) is 0 Å². The third-order valence-electron chi connectivity index (χ3n) is 2.41. The van der Waals surface area contributed by atoms with Crippen molar-refractivity contribution >= 4 is 35.7 Å². The third kappa shape index (κ3) is 3.30. The standard InChI is InChI=1S/C13H14S3/c14-9-12(11-5-2-1-3-6-11)10-16-13-7-4-8-15-13/h1-8,12,14H,9-10H2. The van der Waals surface area contributed by atoms with Crippen LogP contribution in [0.15, 0.2) is 52.1 Å². The van der Waals surface area contributed by atoms with Crippen LogP contribution in [0.4, 0.5) is 0 Å². The summed E-state index contributed by atoms with van der Waals surface area (Å²) in [5.74, 6) is 2.55. The van der Waals surface area contributed by atoms with Crippen LogP contribution in [0, 0.1) is 0 Å². The first-order chi connectivity index (χ1) is 7.90. The quantitative estimate of drug-likeness (QED) is 0.612. The maximum absolute atomic E-state index is 4.45. The largest absolute Gasteiger partial charge is 0.179 e. The van der Waals surface area contributed by atoms with E-state index in [-0.39, 0.29) is 0 Å². The van der Waals surface area contributed by atoms with Crippen molar-refractivity contribution in [2.75, 3.05) is 11.5 Å². The van der Waals surface area contributed by atoms with E-state index in [1.54, 1.807) is 0 Å². The minimum Gasteiger partial charge on any atom is -0.179 e. The number of benzene rings is 1. The molecule has 3 heteroatoms. The average Bonchev–Trinajstić information content (AvgIpc) is 2.84. The Kier molecular flexibility index (Phi) is 4.82. The summed E-state index contributed by atoms with van der Waals surface area (Å²) in [6.07, 6.45) is 0. The van der Waals surface area contributed by atoms with Gasteiger partial charge in [0.2, 0.25) is 0 Å². The van der Waals surface area contributed by atoms with Gasteiger partial charge in [-0.2, -0.15) is 12.6 Å². The van der Waals surface area contributed by atoms with Gasteiger partial charge in [0.1, 0.15) is 0 Å². The van der Waals surface area contributed by atoms with Crippen molar-refractivity contribution < 1.29 is 0 Å². The molecule has 0 saturated heterocycles. The van der Waals surface area contributed by atoms with Gasteiger partial charge in [0.05, 0.1) is 4.21 Å². The first kappa shape index (κ1) is 12.1. The zero-order valence-corrected chi connectivity index (χ0v) is 11.4. The molecule has 0 bridgehead atoms. The Labute approximate surface area is 111 Å². The van der Waals surface area contributed by atoms with Crippen molar-refractivity contribution in [2.45, 2.75) is 10.1 Å². The van der Waals surface area contributed by atoms with E-state index in [0.717, 1.165) is 11.5 Å². The van der Waals surface area contributed by atoms with E-state index in [0.29, 0.717) is 5.92 Å². The van der Waals surface area contributed by atoms with E-state index >= 15 is 0 Å². The molecule has 0 aliphatic rings. The Morgan fingerprint density at radius 3 is 2.56 bits per heavy atom. The van der Waals surface area contributed by atoms with Gasteiger partial charge in [-0.15, -0.1) is 23.1 Å². The van der Waals surface area contributed by atoms with E-state index in [4.69, 9.17) is 0 Å². The Morgan fingerprint density at radius 1 is 1.12 bits per heavy atom. The highest BCUT2D eigenvalue weighted by Crippen LogP contribution is 2.29. The van der Waals surface area contributed by atoms with E-state index in [9.17, 15) is 0 Å². The average molecular weight is 266 g/mol. The second-order valence-electron chi connectivity index (χ2n) is 3.53. The van der Waals surface area contributed by atoms with Crippen LogP contribution in [0.25, 0.3) is 0 Å². The molecule has 2 rings (SSSR count). The molecule has 0 saturated carbocycles. The zero-order valence-electron chi connectivity index (χ0n) is 8.87. The van der Waals surface area contributed by atoms with Crippen molar-refractivity contribution in [1.29, 1.82) is 0 Å². The van der Waals surface area contributed by atoms with Crippen LogP contribution in [0.2, 0.25) is 0 Å². The highest BCUT2D eigenvalue weighted by Gasteiger charge is 2.09. The number of thioether (sulfide) groups is 1. The molecule has 1 aromatic heterocycles.